The highest BCUT2D eigenvalue weighted by molar-refractivity contribution is 5.98. The zero-order chi connectivity index (χ0) is 21.2. The van der Waals surface area contributed by atoms with Crippen LogP contribution in [0.3, 0.4) is 0 Å². The topological polar surface area (TPSA) is 52.6 Å². The van der Waals surface area contributed by atoms with Gasteiger partial charge in [-0.2, -0.15) is 0 Å². The smallest absolute Gasteiger partial charge is 0.349 e. The molecule has 0 aromatic heterocycles. The lowest BCUT2D eigenvalue weighted by molar-refractivity contribution is -0.135. The summed E-state index contributed by atoms with van der Waals surface area (Å²) in [6.07, 6.45) is 18.4. The van der Waals surface area contributed by atoms with Crippen molar-refractivity contribution in [3.63, 3.8) is 0 Å². The number of carbonyl (C=O) groups is 2. The van der Waals surface area contributed by atoms with Gasteiger partial charge in [-0.1, -0.05) is 103 Å². The normalized spacial score (nSPS) is 10.7. The van der Waals surface area contributed by atoms with E-state index in [1.165, 1.54) is 84.0 Å². The van der Waals surface area contributed by atoms with Crippen LogP contribution in [0.2, 0.25) is 0 Å². The van der Waals surface area contributed by atoms with Gasteiger partial charge < -0.3 is 9.47 Å². The summed E-state index contributed by atoms with van der Waals surface area (Å²) in [4.78, 5) is 22.9. The van der Waals surface area contributed by atoms with Gasteiger partial charge in [-0.3, -0.25) is 4.79 Å². The Bertz CT molecular complexity index is 568. The molecular weight excluding hydrogens is 364 g/mol. The second-order valence-corrected chi connectivity index (χ2v) is 7.82. The quantitative estimate of drug-likeness (QED) is 0.156. The van der Waals surface area contributed by atoms with Crippen molar-refractivity contribution in [2.24, 2.45) is 0 Å². The molecule has 0 heterocycles. The molecule has 0 saturated carbocycles. The Morgan fingerprint density at radius 2 is 1.21 bits per heavy atom. The molecule has 0 radical (unpaired) electrons. The highest BCUT2D eigenvalue weighted by Gasteiger charge is 2.15. The highest BCUT2D eigenvalue weighted by Crippen LogP contribution is 2.20. The van der Waals surface area contributed by atoms with E-state index in [4.69, 9.17) is 4.74 Å². The Labute approximate surface area is 177 Å². The summed E-state index contributed by atoms with van der Waals surface area (Å²) >= 11 is 0. The van der Waals surface area contributed by atoms with Crippen LogP contribution in [0, 0.1) is 0 Å². The molecule has 0 spiro atoms. The van der Waals surface area contributed by atoms with Crippen LogP contribution in [0.4, 0.5) is 0 Å². The lowest BCUT2D eigenvalue weighted by Gasteiger charge is -2.10. The van der Waals surface area contributed by atoms with Crippen LogP contribution >= 0.6 is 0 Å². The van der Waals surface area contributed by atoms with E-state index in [0.29, 0.717) is 17.9 Å². The lowest BCUT2D eigenvalue weighted by Crippen LogP contribution is -2.11. The van der Waals surface area contributed by atoms with Crippen molar-refractivity contribution in [1.29, 1.82) is 0 Å². The predicted octanol–water partition coefficient (Wildman–Crippen LogP) is 7.25. The van der Waals surface area contributed by atoms with E-state index in [2.05, 4.69) is 11.7 Å². The molecule has 1 aromatic rings. The summed E-state index contributed by atoms with van der Waals surface area (Å²) in [5.74, 6) is -0.792. The highest BCUT2D eigenvalue weighted by atomic mass is 16.6. The van der Waals surface area contributed by atoms with Crippen LogP contribution in [0.25, 0.3) is 0 Å². The summed E-state index contributed by atoms with van der Waals surface area (Å²) in [5, 5.41) is 0. The monoisotopic (exact) mass is 404 g/mol. The molecule has 0 aliphatic carbocycles. The number of hydrogen-bond acceptors (Lipinski definition) is 4. The number of carbonyl (C=O) groups excluding carboxylic acids is 2. The van der Waals surface area contributed by atoms with Crippen molar-refractivity contribution in [1.82, 2.24) is 0 Å². The van der Waals surface area contributed by atoms with Crippen molar-refractivity contribution >= 4 is 11.9 Å². The number of benzene rings is 1. The van der Waals surface area contributed by atoms with Gasteiger partial charge in [0.15, 0.2) is 0 Å². The molecule has 0 aliphatic rings. The number of esters is 2. The van der Waals surface area contributed by atoms with Gasteiger partial charge in [-0.05, 0) is 18.6 Å². The SMILES string of the molecule is CCCCCCCCCCCCCCCCOc1ccccc1C(=O)OC(C)=O. The fourth-order valence-electron chi connectivity index (χ4n) is 3.43. The van der Waals surface area contributed by atoms with Crippen LogP contribution < -0.4 is 4.74 Å². The van der Waals surface area contributed by atoms with Crippen LogP contribution in [0.15, 0.2) is 24.3 Å². The van der Waals surface area contributed by atoms with E-state index >= 15 is 0 Å². The lowest BCUT2D eigenvalue weighted by atomic mass is 10.0. The zero-order valence-electron chi connectivity index (χ0n) is 18.5. The third-order valence-corrected chi connectivity index (χ3v) is 5.10. The molecule has 0 amide bonds. The molecule has 0 fully saturated rings. The van der Waals surface area contributed by atoms with Gasteiger partial charge in [0, 0.05) is 6.92 Å². The predicted molar refractivity (Wildman–Crippen MR) is 118 cm³/mol. The minimum absolute atomic E-state index is 0.299. The number of unbranched alkanes of at least 4 members (excludes halogenated alkanes) is 13. The van der Waals surface area contributed by atoms with Crippen LogP contribution in [0.1, 0.15) is 114 Å². The molecule has 0 atom stereocenters. The molecule has 0 unspecified atom stereocenters. The first kappa shape index (κ1) is 25.2. The van der Waals surface area contributed by atoms with Gasteiger partial charge in [0.25, 0.3) is 0 Å². The minimum Gasteiger partial charge on any atom is -0.493 e. The number of ether oxygens (including phenoxy) is 2. The largest absolute Gasteiger partial charge is 0.493 e. The first-order valence-electron chi connectivity index (χ1n) is 11.6. The molecule has 4 heteroatoms. The third-order valence-electron chi connectivity index (χ3n) is 5.10. The van der Waals surface area contributed by atoms with Crippen molar-refractivity contribution in [2.45, 2.75) is 104 Å². The molecule has 29 heavy (non-hydrogen) atoms. The van der Waals surface area contributed by atoms with E-state index < -0.39 is 11.9 Å². The van der Waals surface area contributed by atoms with Crippen molar-refractivity contribution in [2.75, 3.05) is 6.61 Å². The fraction of sp³-hybridized carbons (Fsp3) is 0.680. The van der Waals surface area contributed by atoms with Gasteiger partial charge in [-0.15, -0.1) is 0 Å². The third kappa shape index (κ3) is 13.1. The molecule has 1 aromatic carbocycles. The number of para-hydroxylation sites is 1. The number of hydrogen-bond donors (Lipinski definition) is 0. The Kier molecular flexibility index (Phi) is 14.8. The summed E-state index contributed by atoms with van der Waals surface area (Å²) < 4.78 is 10.4. The van der Waals surface area contributed by atoms with E-state index in [1.54, 1.807) is 18.2 Å². The maximum absolute atomic E-state index is 11.9. The van der Waals surface area contributed by atoms with Gasteiger partial charge >= 0.3 is 11.9 Å². The average Bonchev–Trinajstić information content (AvgIpc) is 2.70. The summed E-state index contributed by atoms with van der Waals surface area (Å²) in [6.45, 7) is 4.06. The summed E-state index contributed by atoms with van der Waals surface area (Å²) in [6, 6.07) is 6.90. The van der Waals surface area contributed by atoms with Gasteiger partial charge in [0.05, 0.1) is 6.61 Å². The van der Waals surface area contributed by atoms with Crippen molar-refractivity contribution in [3.05, 3.63) is 29.8 Å². The molecule has 164 valence electrons. The second kappa shape index (κ2) is 17.1. The number of rotatable bonds is 17. The first-order chi connectivity index (χ1) is 14.1. The Morgan fingerprint density at radius 1 is 0.724 bits per heavy atom. The molecule has 0 bridgehead atoms. The minimum atomic E-state index is -0.658. The van der Waals surface area contributed by atoms with Gasteiger partial charge in [0.1, 0.15) is 11.3 Å². The molecule has 4 nitrogen and oxygen atoms in total. The maximum Gasteiger partial charge on any atom is 0.349 e. The van der Waals surface area contributed by atoms with Crippen molar-refractivity contribution < 1.29 is 19.1 Å². The van der Waals surface area contributed by atoms with E-state index in [1.807, 2.05) is 6.07 Å². The Balaban J connectivity index is 2.00. The zero-order valence-corrected chi connectivity index (χ0v) is 18.5. The molecule has 0 saturated heterocycles. The average molecular weight is 405 g/mol. The molecular formula is C25H40O4. The van der Waals surface area contributed by atoms with E-state index in [0.717, 1.165) is 12.8 Å². The fourth-order valence-corrected chi connectivity index (χ4v) is 3.43. The molecule has 1 rings (SSSR count). The van der Waals surface area contributed by atoms with Crippen LogP contribution in [-0.2, 0) is 9.53 Å². The van der Waals surface area contributed by atoms with Gasteiger partial charge in [-0.25, -0.2) is 4.79 Å². The van der Waals surface area contributed by atoms with E-state index in [-0.39, 0.29) is 0 Å². The molecule has 0 N–H and O–H groups in total. The standard InChI is InChI=1S/C25H40O4/c1-3-4-5-6-7-8-9-10-11-12-13-14-15-18-21-28-24-20-17-16-19-23(24)25(27)29-22(2)26/h16-17,19-20H,3-15,18,21H2,1-2H3. The first-order valence-corrected chi connectivity index (χ1v) is 11.6. The maximum atomic E-state index is 11.9. The van der Waals surface area contributed by atoms with Crippen LogP contribution in [-0.4, -0.2) is 18.5 Å². The summed E-state index contributed by atoms with van der Waals surface area (Å²) in [7, 11) is 0. The van der Waals surface area contributed by atoms with Crippen molar-refractivity contribution in [3.8, 4) is 5.75 Å². The van der Waals surface area contributed by atoms with Gasteiger partial charge in [0.2, 0.25) is 0 Å². The molecule has 0 aliphatic heterocycles. The van der Waals surface area contributed by atoms with E-state index in [9.17, 15) is 9.59 Å². The summed E-state index contributed by atoms with van der Waals surface area (Å²) in [5.41, 5.74) is 0.299. The Hall–Kier alpha value is -1.84. The van der Waals surface area contributed by atoms with Crippen LogP contribution in [0.5, 0.6) is 5.75 Å². The second-order valence-electron chi connectivity index (χ2n) is 7.82. The Morgan fingerprint density at radius 3 is 1.72 bits per heavy atom.